The first-order valence-corrected chi connectivity index (χ1v) is 17.8. The minimum absolute atomic E-state index is 0.163. The predicted molar refractivity (Wildman–Crippen MR) is 161 cm³/mol. The quantitative estimate of drug-likeness (QED) is 0.155. The molecule has 0 aliphatic carbocycles. The fourth-order valence-corrected chi connectivity index (χ4v) is 4.97. The van der Waals surface area contributed by atoms with Gasteiger partial charge in [-0.15, -0.1) is 0 Å². The van der Waals surface area contributed by atoms with Crippen LogP contribution in [0.2, 0.25) is 25.7 Å². The topological polar surface area (TPSA) is 68.6 Å². The number of hydrogen-bond donors (Lipinski definition) is 1. The second-order valence-electron chi connectivity index (χ2n) is 11.4. The average molecular weight is 551 g/mol. The molecule has 1 amide bonds. The predicted octanol–water partition coefficient (Wildman–Crippen LogP) is 6.41. The van der Waals surface area contributed by atoms with Crippen molar-refractivity contribution in [2.75, 3.05) is 18.5 Å². The Morgan fingerprint density at radius 1 is 1.00 bits per heavy atom. The Labute approximate surface area is 235 Å². The van der Waals surface area contributed by atoms with E-state index in [1.165, 1.54) is 11.1 Å². The molecule has 7 nitrogen and oxygen atoms in total. The van der Waals surface area contributed by atoms with Crippen LogP contribution in [0.3, 0.4) is 0 Å². The summed E-state index contributed by atoms with van der Waals surface area (Å²) in [6.45, 7) is 14.3. The van der Waals surface area contributed by atoms with Crippen molar-refractivity contribution < 1.29 is 14.3 Å². The standard InChI is InChI=1S/C31H46N4O3Si/c1-6-7-18-38-30(31(36)33-29-21-32-35(24-29)25-37-19-20-39(3,4)5)26(2)34(22-27-14-10-8-11-15-27)23-28-16-12-9-13-17-28/h8-17,21,24,26,30H,6-7,18-20,22-23,25H2,1-5H3,(H,33,36)/t26-,30?/m0/s1. The van der Waals surface area contributed by atoms with E-state index in [0.29, 0.717) is 32.1 Å². The molecule has 1 aromatic heterocycles. The molecule has 1 N–H and O–H groups in total. The van der Waals surface area contributed by atoms with E-state index >= 15 is 0 Å². The highest BCUT2D eigenvalue weighted by Gasteiger charge is 2.31. The lowest BCUT2D eigenvalue weighted by Gasteiger charge is -2.34. The number of hydrogen-bond acceptors (Lipinski definition) is 5. The molecule has 2 atom stereocenters. The van der Waals surface area contributed by atoms with Crippen molar-refractivity contribution in [2.45, 2.75) is 84.3 Å². The smallest absolute Gasteiger partial charge is 0.255 e. The van der Waals surface area contributed by atoms with Crippen LogP contribution in [0.1, 0.15) is 37.8 Å². The number of benzene rings is 2. The van der Waals surface area contributed by atoms with Crippen LogP contribution in [0.15, 0.2) is 73.1 Å². The second kappa shape index (κ2) is 15.7. The van der Waals surface area contributed by atoms with Crippen LogP contribution in [0.5, 0.6) is 0 Å². The first kappa shape index (κ1) is 30.8. The van der Waals surface area contributed by atoms with E-state index in [1.54, 1.807) is 10.9 Å². The summed E-state index contributed by atoms with van der Waals surface area (Å²) in [4.78, 5) is 15.9. The van der Waals surface area contributed by atoms with E-state index in [1.807, 2.05) is 18.3 Å². The number of anilines is 1. The summed E-state index contributed by atoms with van der Waals surface area (Å²) in [5, 5.41) is 7.41. The Morgan fingerprint density at radius 2 is 1.62 bits per heavy atom. The molecule has 0 bridgehead atoms. The fraction of sp³-hybridized carbons (Fsp3) is 0.484. The third-order valence-electron chi connectivity index (χ3n) is 6.65. The Kier molecular flexibility index (Phi) is 12.4. The van der Waals surface area contributed by atoms with Gasteiger partial charge in [-0.25, -0.2) is 4.68 Å². The molecule has 39 heavy (non-hydrogen) atoms. The Balaban J connectivity index is 1.71. The number of ether oxygens (including phenoxy) is 2. The van der Waals surface area contributed by atoms with Crippen LogP contribution in [0.4, 0.5) is 5.69 Å². The molecule has 1 unspecified atom stereocenters. The molecule has 1 heterocycles. The molecule has 0 saturated heterocycles. The molecule has 0 aliphatic rings. The van der Waals surface area contributed by atoms with E-state index in [4.69, 9.17) is 9.47 Å². The van der Waals surface area contributed by atoms with Gasteiger partial charge in [0.25, 0.3) is 5.91 Å². The lowest BCUT2D eigenvalue weighted by atomic mass is 10.1. The third-order valence-corrected chi connectivity index (χ3v) is 8.35. The molecule has 3 aromatic rings. The Hall–Kier alpha value is -2.78. The van der Waals surface area contributed by atoms with Crippen molar-refractivity contribution in [1.29, 1.82) is 0 Å². The van der Waals surface area contributed by atoms with Gasteiger partial charge in [-0.2, -0.15) is 5.10 Å². The van der Waals surface area contributed by atoms with Crippen molar-refractivity contribution in [1.82, 2.24) is 14.7 Å². The summed E-state index contributed by atoms with van der Waals surface area (Å²) in [5.41, 5.74) is 3.04. The van der Waals surface area contributed by atoms with Gasteiger partial charge >= 0.3 is 0 Å². The highest BCUT2D eigenvalue weighted by molar-refractivity contribution is 6.76. The summed E-state index contributed by atoms with van der Waals surface area (Å²) in [7, 11) is -1.14. The lowest BCUT2D eigenvalue weighted by Crippen LogP contribution is -2.48. The summed E-state index contributed by atoms with van der Waals surface area (Å²) in [6.07, 6.45) is 4.75. The van der Waals surface area contributed by atoms with Crippen LogP contribution in [-0.4, -0.2) is 54.0 Å². The zero-order valence-electron chi connectivity index (χ0n) is 24.3. The molecule has 212 valence electrons. The van der Waals surface area contributed by atoms with Crippen molar-refractivity contribution in [3.63, 3.8) is 0 Å². The summed E-state index contributed by atoms with van der Waals surface area (Å²) < 4.78 is 13.8. The first-order chi connectivity index (χ1) is 18.7. The average Bonchev–Trinajstić information content (AvgIpc) is 3.36. The van der Waals surface area contributed by atoms with Crippen molar-refractivity contribution in [2.24, 2.45) is 0 Å². The van der Waals surface area contributed by atoms with E-state index in [2.05, 4.69) is 97.3 Å². The van der Waals surface area contributed by atoms with Crippen LogP contribution < -0.4 is 5.32 Å². The molecule has 0 fully saturated rings. The van der Waals surface area contributed by atoms with Gasteiger partial charge in [0.1, 0.15) is 6.73 Å². The van der Waals surface area contributed by atoms with Crippen molar-refractivity contribution >= 4 is 19.7 Å². The summed E-state index contributed by atoms with van der Waals surface area (Å²) in [5.74, 6) is -0.163. The Morgan fingerprint density at radius 3 is 2.18 bits per heavy atom. The van der Waals surface area contributed by atoms with E-state index in [-0.39, 0.29) is 11.9 Å². The van der Waals surface area contributed by atoms with Gasteiger partial charge in [0.05, 0.1) is 18.1 Å². The minimum Gasteiger partial charge on any atom is -0.367 e. The highest BCUT2D eigenvalue weighted by atomic mass is 28.3. The maximum Gasteiger partial charge on any atom is 0.255 e. The van der Waals surface area contributed by atoms with E-state index < -0.39 is 14.2 Å². The number of aromatic nitrogens is 2. The fourth-order valence-electron chi connectivity index (χ4n) is 4.21. The minimum atomic E-state index is -1.14. The molecule has 0 saturated carbocycles. The van der Waals surface area contributed by atoms with Crippen LogP contribution in [0.25, 0.3) is 0 Å². The maximum atomic E-state index is 13.6. The van der Waals surface area contributed by atoms with Crippen LogP contribution in [0, 0.1) is 0 Å². The Bertz CT molecular complexity index is 1060. The molecule has 3 rings (SSSR count). The van der Waals surface area contributed by atoms with Gasteiger partial charge in [-0.3, -0.25) is 9.69 Å². The zero-order chi connectivity index (χ0) is 28.1. The number of carbonyl (C=O) groups excluding carboxylic acids is 1. The molecule has 0 spiro atoms. The normalized spacial score (nSPS) is 13.4. The number of unbranched alkanes of at least 4 members (excludes halogenated alkanes) is 1. The number of nitrogens with zero attached hydrogens (tertiary/aromatic N) is 3. The SMILES string of the molecule is CCCCOC(C(=O)Nc1cnn(COCC[Si](C)(C)C)c1)[C@H](C)N(Cc1ccccc1)Cc1ccccc1. The summed E-state index contributed by atoms with van der Waals surface area (Å²) >= 11 is 0. The number of rotatable bonds is 17. The third kappa shape index (κ3) is 11.1. The van der Waals surface area contributed by atoms with Gasteiger partial charge < -0.3 is 14.8 Å². The number of amides is 1. The zero-order valence-corrected chi connectivity index (χ0v) is 25.3. The van der Waals surface area contributed by atoms with Gasteiger partial charge in [0, 0.05) is 40.4 Å². The molecular weight excluding hydrogens is 504 g/mol. The second-order valence-corrected chi connectivity index (χ2v) is 17.0. The lowest BCUT2D eigenvalue weighted by molar-refractivity contribution is -0.132. The largest absolute Gasteiger partial charge is 0.367 e. The highest BCUT2D eigenvalue weighted by Crippen LogP contribution is 2.19. The monoisotopic (exact) mass is 550 g/mol. The molecular formula is C31H46N4O3Si. The summed E-state index contributed by atoms with van der Waals surface area (Å²) in [6, 6.07) is 21.7. The van der Waals surface area contributed by atoms with Crippen LogP contribution in [-0.2, 0) is 34.1 Å². The maximum absolute atomic E-state index is 13.6. The van der Waals surface area contributed by atoms with E-state index in [0.717, 1.165) is 25.5 Å². The molecule has 0 aliphatic heterocycles. The van der Waals surface area contributed by atoms with E-state index in [9.17, 15) is 4.79 Å². The van der Waals surface area contributed by atoms with Gasteiger partial charge in [-0.1, -0.05) is 93.6 Å². The van der Waals surface area contributed by atoms with Gasteiger partial charge in [0.15, 0.2) is 6.10 Å². The van der Waals surface area contributed by atoms with Crippen LogP contribution >= 0.6 is 0 Å². The molecule has 2 aromatic carbocycles. The number of carbonyl (C=O) groups is 1. The first-order valence-electron chi connectivity index (χ1n) is 14.1. The molecule has 8 heteroatoms. The van der Waals surface area contributed by atoms with Crippen molar-refractivity contribution in [3.8, 4) is 0 Å². The number of nitrogens with one attached hydrogen (secondary N) is 1. The van der Waals surface area contributed by atoms with Crippen molar-refractivity contribution in [3.05, 3.63) is 84.2 Å². The van der Waals surface area contributed by atoms with Gasteiger partial charge in [0.2, 0.25) is 0 Å². The van der Waals surface area contributed by atoms with Gasteiger partial charge in [-0.05, 0) is 30.5 Å². The molecule has 0 radical (unpaired) electrons.